The lowest BCUT2D eigenvalue weighted by atomic mass is 10.1. The second kappa shape index (κ2) is 5.99. The van der Waals surface area contributed by atoms with Crippen molar-refractivity contribution in [2.24, 2.45) is 5.73 Å². The predicted octanol–water partition coefficient (Wildman–Crippen LogP) is 3.19. The normalized spacial score (nSPS) is 12.5. The number of benzene rings is 1. The first kappa shape index (κ1) is 12.3. The molecule has 0 aromatic heterocycles. The van der Waals surface area contributed by atoms with Crippen LogP contribution in [0.25, 0.3) is 0 Å². The van der Waals surface area contributed by atoms with Gasteiger partial charge in [-0.15, -0.1) is 0 Å². The lowest BCUT2D eigenvalue weighted by molar-refractivity contribution is 0.639. The van der Waals surface area contributed by atoms with Crippen LogP contribution in [0, 0.1) is 6.92 Å². The number of nitrogens with one attached hydrogen (secondary N) is 1. The molecule has 0 radical (unpaired) electrons. The zero-order chi connectivity index (χ0) is 11.3. The van der Waals surface area contributed by atoms with Gasteiger partial charge in [-0.25, -0.2) is 0 Å². The molecule has 0 fully saturated rings. The summed E-state index contributed by atoms with van der Waals surface area (Å²) in [4.78, 5) is 0. The Balaban J connectivity index is 2.41. The van der Waals surface area contributed by atoms with Crippen LogP contribution in [0.4, 0.5) is 5.69 Å². The van der Waals surface area contributed by atoms with Crippen molar-refractivity contribution in [1.29, 1.82) is 0 Å². The van der Waals surface area contributed by atoms with Crippen LogP contribution in [0.15, 0.2) is 18.2 Å². The van der Waals surface area contributed by atoms with Gasteiger partial charge in [-0.2, -0.15) is 0 Å². The predicted molar refractivity (Wildman–Crippen MR) is 67.6 cm³/mol. The highest BCUT2D eigenvalue weighted by molar-refractivity contribution is 6.31. The van der Waals surface area contributed by atoms with Crippen molar-refractivity contribution >= 4 is 17.3 Å². The van der Waals surface area contributed by atoms with Gasteiger partial charge in [0.25, 0.3) is 0 Å². The van der Waals surface area contributed by atoms with E-state index in [1.165, 1.54) is 0 Å². The van der Waals surface area contributed by atoms with Gasteiger partial charge in [-0.1, -0.05) is 17.7 Å². The summed E-state index contributed by atoms with van der Waals surface area (Å²) in [6, 6.07) is 6.20. The van der Waals surface area contributed by atoms with Gasteiger partial charge in [-0.3, -0.25) is 0 Å². The van der Waals surface area contributed by atoms with Crippen LogP contribution in [0.1, 0.15) is 25.3 Å². The number of hydrogen-bond acceptors (Lipinski definition) is 2. The molecule has 0 bridgehead atoms. The minimum Gasteiger partial charge on any atom is -0.385 e. The molecule has 2 nitrogen and oxygen atoms in total. The molecule has 0 saturated carbocycles. The maximum atomic E-state index is 6.02. The van der Waals surface area contributed by atoms with Gasteiger partial charge in [-0.05, 0) is 44.4 Å². The van der Waals surface area contributed by atoms with Crippen LogP contribution in [0.3, 0.4) is 0 Å². The minimum atomic E-state index is 0.284. The van der Waals surface area contributed by atoms with Gasteiger partial charge < -0.3 is 11.1 Å². The highest BCUT2D eigenvalue weighted by atomic mass is 35.5. The van der Waals surface area contributed by atoms with Gasteiger partial charge in [0, 0.05) is 23.3 Å². The van der Waals surface area contributed by atoms with Gasteiger partial charge in [0.15, 0.2) is 0 Å². The largest absolute Gasteiger partial charge is 0.385 e. The Morgan fingerprint density at radius 3 is 2.87 bits per heavy atom. The Morgan fingerprint density at radius 2 is 2.20 bits per heavy atom. The van der Waals surface area contributed by atoms with E-state index in [1.807, 2.05) is 32.0 Å². The topological polar surface area (TPSA) is 38.0 Å². The van der Waals surface area contributed by atoms with Crippen LogP contribution >= 0.6 is 11.6 Å². The first-order chi connectivity index (χ1) is 7.11. The standard InChI is InChI=1S/C12H19ClN2/c1-9(14)5-4-8-15-12-7-3-6-11(13)10(12)2/h3,6-7,9,15H,4-5,8,14H2,1-2H3. The molecule has 1 aromatic carbocycles. The summed E-state index contributed by atoms with van der Waals surface area (Å²) in [5.74, 6) is 0. The molecule has 1 atom stereocenters. The molecular weight excluding hydrogens is 208 g/mol. The summed E-state index contributed by atoms with van der Waals surface area (Å²) in [5.41, 5.74) is 7.91. The summed E-state index contributed by atoms with van der Waals surface area (Å²) in [5, 5.41) is 4.18. The lowest BCUT2D eigenvalue weighted by Gasteiger charge is -2.11. The monoisotopic (exact) mass is 226 g/mol. The number of hydrogen-bond donors (Lipinski definition) is 2. The van der Waals surface area contributed by atoms with Crippen molar-refractivity contribution in [2.75, 3.05) is 11.9 Å². The molecule has 3 heteroatoms. The Hall–Kier alpha value is -0.730. The molecule has 0 aliphatic rings. The summed E-state index contributed by atoms with van der Waals surface area (Å²) in [6.07, 6.45) is 2.14. The minimum absolute atomic E-state index is 0.284. The fourth-order valence-electron chi connectivity index (χ4n) is 1.45. The third kappa shape index (κ3) is 4.10. The van der Waals surface area contributed by atoms with E-state index in [4.69, 9.17) is 17.3 Å². The highest BCUT2D eigenvalue weighted by Gasteiger charge is 2.01. The van der Waals surface area contributed by atoms with Crippen molar-refractivity contribution in [3.8, 4) is 0 Å². The maximum absolute atomic E-state index is 6.02. The molecule has 15 heavy (non-hydrogen) atoms. The van der Waals surface area contributed by atoms with E-state index in [9.17, 15) is 0 Å². The van der Waals surface area contributed by atoms with E-state index in [0.717, 1.165) is 35.7 Å². The van der Waals surface area contributed by atoms with Gasteiger partial charge in [0.2, 0.25) is 0 Å². The smallest absolute Gasteiger partial charge is 0.0455 e. The molecule has 0 heterocycles. The zero-order valence-electron chi connectivity index (χ0n) is 9.39. The average molecular weight is 227 g/mol. The third-order valence-corrected chi connectivity index (χ3v) is 2.83. The number of halogens is 1. The Kier molecular flexibility index (Phi) is 4.92. The number of anilines is 1. The molecule has 0 spiro atoms. The van der Waals surface area contributed by atoms with Crippen LogP contribution in [0.2, 0.25) is 5.02 Å². The molecule has 84 valence electrons. The Morgan fingerprint density at radius 1 is 1.47 bits per heavy atom. The van der Waals surface area contributed by atoms with Gasteiger partial charge >= 0.3 is 0 Å². The van der Waals surface area contributed by atoms with E-state index in [1.54, 1.807) is 0 Å². The molecule has 1 aromatic rings. The molecule has 0 aliphatic carbocycles. The van der Waals surface area contributed by atoms with E-state index in [-0.39, 0.29) is 6.04 Å². The first-order valence-corrected chi connectivity index (χ1v) is 5.73. The summed E-state index contributed by atoms with van der Waals surface area (Å²) in [7, 11) is 0. The second-order valence-electron chi connectivity index (χ2n) is 3.96. The average Bonchev–Trinajstić information content (AvgIpc) is 2.18. The van der Waals surface area contributed by atoms with Crippen molar-refractivity contribution in [3.05, 3.63) is 28.8 Å². The van der Waals surface area contributed by atoms with Crippen LogP contribution < -0.4 is 11.1 Å². The summed E-state index contributed by atoms with van der Waals surface area (Å²) < 4.78 is 0. The van der Waals surface area contributed by atoms with E-state index in [0.29, 0.717) is 0 Å². The second-order valence-corrected chi connectivity index (χ2v) is 4.37. The molecule has 1 unspecified atom stereocenters. The van der Waals surface area contributed by atoms with Crippen molar-refractivity contribution in [1.82, 2.24) is 0 Å². The molecule has 1 rings (SSSR count). The molecule has 3 N–H and O–H groups in total. The zero-order valence-corrected chi connectivity index (χ0v) is 10.1. The SMILES string of the molecule is Cc1c(Cl)cccc1NCCCC(C)N. The fraction of sp³-hybridized carbons (Fsp3) is 0.500. The maximum Gasteiger partial charge on any atom is 0.0455 e. The quantitative estimate of drug-likeness (QED) is 0.757. The number of rotatable bonds is 5. The van der Waals surface area contributed by atoms with Crippen LogP contribution in [0.5, 0.6) is 0 Å². The molecule has 0 aliphatic heterocycles. The summed E-state index contributed by atoms with van der Waals surface area (Å²) >= 11 is 6.02. The molecule has 0 saturated heterocycles. The lowest BCUT2D eigenvalue weighted by Crippen LogP contribution is -2.16. The van der Waals surface area contributed by atoms with E-state index < -0.39 is 0 Å². The Bertz CT molecular complexity index is 310. The van der Waals surface area contributed by atoms with Crippen LogP contribution in [-0.4, -0.2) is 12.6 Å². The van der Waals surface area contributed by atoms with Crippen molar-refractivity contribution in [3.63, 3.8) is 0 Å². The third-order valence-electron chi connectivity index (χ3n) is 2.42. The molecule has 0 amide bonds. The van der Waals surface area contributed by atoms with Gasteiger partial charge in [0.1, 0.15) is 0 Å². The first-order valence-electron chi connectivity index (χ1n) is 5.36. The van der Waals surface area contributed by atoms with Gasteiger partial charge in [0.05, 0.1) is 0 Å². The van der Waals surface area contributed by atoms with Crippen LogP contribution in [-0.2, 0) is 0 Å². The van der Waals surface area contributed by atoms with Crippen molar-refractivity contribution < 1.29 is 0 Å². The molecular formula is C12H19ClN2. The van der Waals surface area contributed by atoms with Crippen molar-refractivity contribution in [2.45, 2.75) is 32.7 Å². The Labute approximate surface area is 96.8 Å². The fourth-order valence-corrected chi connectivity index (χ4v) is 1.62. The highest BCUT2D eigenvalue weighted by Crippen LogP contribution is 2.22. The van der Waals surface area contributed by atoms with E-state index in [2.05, 4.69) is 5.32 Å². The summed E-state index contributed by atoms with van der Waals surface area (Å²) in [6.45, 7) is 5.00. The number of nitrogens with two attached hydrogens (primary N) is 1. The van der Waals surface area contributed by atoms with E-state index >= 15 is 0 Å².